The molecule has 0 aliphatic heterocycles. The van der Waals surface area contributed by atoms with Gasteiger partial charge < -0.3 is 14.6 Å². The van der Waals surface area contributed by atoms with Crippen LogP contribution in [0.4, 0.5) is 5.69 Å². The maximum atomic E-state index is 13.0. The molecule has 3 rings (SSSR count). The quantitative estimate of drug-likeness (QED) is 0.609. The van der Waals surface area contributed by atoms with Gasteiger partial charge in [-0.3, -0.25) is 4.79 Å². The fourth-order valence-electron chi connectivity index (χ4n) is 3.01. The first-order chi connectivity index (χ1) is 14.2. The molecule has 0 radical (unpaired) electrons. The van der Waals surface area contributed by atoms with Crippen LogP contribution in [-0.2, 0) is 14.6 Å². The van der Waals surface area contributed by atoms with Crippen molar-refractivity contribution in [2.75, 3.05) is 18.2 Å². The zero-order chi connectivity index (χ0) is 21.9. The van der Waals surface area contributed by atoms with Crippen LogP contribution < -0.4 is 10.1 Å². The Hall–Kier alpha value is -3.13. The van der Waals surface area contributed by atoms with E-state index >= 15 is 0 Å². The molecule has 3 aromatic rings. The average molecular weight is 429 g/mol. The Labute approximate surface area is 176 Å². The maximum absolute atomic E-state index is 13.0. The van der Waals surface area contributed by atoms with Gasteiger partial charge in [0.1, 0.15) is 10.6 Å². The molecule has 0 saturated heterocycles. The molecule has 0 spiro atoms. The minimum atomic E-state index is -3.78. The zero-order valence-corrected chi connectivity index (χ0v) is 18.2. The monoisotopic (exact) mass is 428 g/mol. The lowest BCUT2D eigenvalue weighted by molar-refractivity contribution is -0.115. The van der Waals surface area contributed by atoms with Crippen LogP contribution in [-0.4, -0.2) is 32.3 Å². The van der Waals surface area contributed by atoms with Gasteiger partial charge in [-0.05, 0) is 56.2 Å². The normalized spacial score (nSPS) is 11.3. The topological polar surface area (TPSA) is 98.5 Å². The predicted octanol–water partition coefficient (Wildman–Crippen LogP) is 4.08. The summed E-state index contributed by atoms with van der Waals surface area (Å²) in [4.78, 5) is 12.4. The molecule has 30 heavy (non-hydrogen) atoms. The van der Waals surface area contributed by atoms with E-state index in [9.17, 15) is 13.2 Å². The molecule has 0 aliphatic rings. The van der Waals surface area contributed by atoms with E-state index in [0.29, 0.717) is 22.7 Å². The second kappa shape index (κ2) is 8.71. The van der Waals surface area contributed by atoms with Crippen molar-refractivity contribution in [1.82, 2.24) is 5.16 Å². The van der Waals surface area contributed by atoms with Gasteiger partial charge in [-0.25, -0.2) is 8.42 Å². The third-order valence-electron chi connectivity index (χ3n) is 4.89. The van der Waals surface area contributed by atoms with Crippen molar-refractivity contribution in [3.8, 4) is 17.1 Å². The highest BCUT2D eigenvalue weighted by Crippen LogP contribution is 2.31. The van der Waals surface area contributed by atoms with Gasteiger partial charge >= 0.3 is 0 Å². The van der Waals surface area contributed by atoms with Crippen molar-refractivity contribution < 1.29 is 22.5 Å². The number of carbonyl (C=O) groups excluding carboxylic acids is 1. The summed E-state index contributed by atoms with van der Waals surface area (Å²) in [5.74, 6) is -0.0451. The number of nitrogens with zero attached hydrogens (tertiary/aromatic N) is 1. The Morgan fingerprint density at radius 2 is 1.90 bits per heavy atom. The van der Waals surface area contributed by atoms with E-state index in [1.807, 2.05) is 26.0 Å². The van der Waals surface area contributed by atoms with Crippen molar-refractivity contribution >= 4 is 21.4 Å². The molecule has 0 fully saturated rings. The van der Waals surface area contributed by atoms with Crippen LogP contribution in [0.5, 0.6) is 5.75 Å². The smallest absolute Gasteiger partial charge is 0.225 e. The first-order valence-electron chi connectivity index (χ1n) is 9.42. The van der Waals surface area contributed by atoms with Gasteiger partial charge in [-0.15, -0.1) is 0 Å². The number of carbonyl (C=O) groups is 1. The van der Waals surface area contributed by atoms with E-state index < -0.39 is 9.84 Å². The lowest BCUT2D eigenvalue weighted by Gasteiger charge is -2.12. The molecule has 8 heteroatoms. The summed E-state index contributed by atoms with van der Waals surface area (Å²) in [6.45, 7) is 5.64. The van der Waals surface area contributed by atoms with Crippen molar-refractivity contribution in [2.24, 2.45) is 0 Å². The Balaban J connectivity index is 1.79. The lowest BCUT2D eigenvalue weighted by Crippen LogP contribution is -2.18. The third kappa shape index (κ3) is 4.71. The fraction of sp³-hybridized carbons (Fsp3) is 0.273. The van der Waals surface area contributed by atoms with Crippen LogP contribution in [0.1, 0.15) is 23.2 Å². The zero-order valence-electron chi connectivity index (χ0n) is 17.4. The minimum absolute atomic E-state index is 0.0103. The number of hydrogen-bond donors (Lipinski definition) is 1. The first kappa shape index (κ1) is 21.6. The first-order valence-corrected chi connectivity index (χ1v) is 11.1. The van der Waals surface area contributed by atoms with Gasteiger partial charge in [0.05, 0.1) is 18.6 Å². The molecule has 0 bridgehead atoms. The van der Waals surface area contributed by atoms with Gasteiger partial charge in [0.15, 0.2) is 15.6 Å². The summed E-state index contributed by atoms with van der Waals surface area (Å²) in [6.07, 6.45) is -0.176. The molecular formula is C22H24N2O5S. The van der Waals surface area contributed by atoms with E-state index in [1.165, 1.54) is 13.2 Å². The van der Waals surface area contributed by atoms with Gasteiger partial charge in [-0.2, -0.15) is 0 Å². The number of aryl methyl sites for hydroxylation is 2. The van der Waals surface area contributed by atoms with Crippen LogP contribution in [0.2, 0.25) is 0 Å². The molecule has 7 nitrogen and oxygen atoms in total. The number of anilines is 1. The number of methoxy groups -OCH3 is 1. The largest absolute Gasteiger partial charge is 0.495 e. The SMILES string of the molecule is COc1ccc(-c2cc(C)no2)cc1S(=O)(=O)CCC(=O)Nc1cccc(C)c1C. The number of benzene rings is 2. The molecule has 158 valence electrons. The summed E-state index contributed by atoms with van der Waals surface area (Å²) in [5.41, 5.74) is 3.93. The molecule has 2 aromatic carbocycles. The highest BCUT2D eigenvalue weighted by Gasteiger charge is 2.23. The summed E-state index contributed by atoms with van der Waals surface area (Å²) in [5, 5.41) is 6.62. The molecule has 1 heterocycles. The molecule has 1 amide bonds. The van der Waals surface area contributed by atoms with Gasteiger partial charge in [0.25, 0.3) is 0 Å². The highest BCUT2D eigenvalue weighted by molar-refractivity contribution is 7.91. The number of rotatable bonds is 7. The van der Waals surface area contributed by atoms with Crippen molar-refractivity contribution in [3.63, 3.8) is 0 Å². The number of amides is 1. The average Bonchev–Trinajstić information content (AvgIpc) is 3.16. The van der Waals surface area contributed by atoms with E-state index in [4.69, 9.17) is 9.26 Å². The van der Waals surface area contributed by atoms with E-state index in [2.05, 4.69) is 10.5 Å². The summed E-state index contributed by atoms with van der Waals surface area (Å²) < 4.78 is 36.4. The molecular weight excluding hydrogens is 404 g/mol. The maximum Gasteiger partial charge on any atom is 0.225 e. The highest BCUT2D eigenvalue weighted by atomic mass is 32.2. The molecule has 0 aliphatic carbocycles. The van der Waals surface area contributed by atoms with Crippen LogP contribution in [0.25, 0.3) is 11.3 Å². The van der Waals surface area contributed by atoms with Gasteiger partial charge in [0, 0.05) is 23.7 Å². The summed E-state index contributed by atoms with van der Waals surface area (Å²) in [6, 6.07) is 12.1. The Morgan fingerprint density at radius 1 is 1.13 bits per heavy atom. The number of hydrogen-bond acceptors (Lipinski definition) is 6. The molecule has 1 N–H and O–H groups in total. The minimum Gasteiger partial charge on any atom is -0.495 e. The number of aromatic nitrogens is 1. The molecule has 1 aromatic heterocycles. The van der Waals surface area contributed by atoms with E-state index in [-0.39, 0.29) is 28.7 Å². The predicted molar refractivity (Wildman–Crippen MR) is 114 cm³/mol. The summed E-state index contributed by atoms with van der Waals surface area (Å²) >= 11 is 0. The number of sulfone groups is 1. The Morgan fingerprint density at radius 3 is 2.57 bits per heavy atom. The Bertz CT molecular complexity index is 1180. The van der Waals surface area contributed by atoms with Crippen molar-refractivity contribution in [3.05, 3.63) is 59.3 Å². The van der Waals surface area contributed by atoms with E-state index in [0.717, 1.165) is 11.1 Å². The van der Waals surface area contributed by atoms with Gasteiger partial charge in [0.2, 0.25) is 5.91 Å². The second-order valence-electron chi connectivity index (χ2n) is 7.06. The molecule has 0 saturated carbocycles. The molecule has 0 unspecified atom stereocenters. The number of ether oxygens (including phenoxy) is 1. The second-order valence-corrected chi connectivity index (χ2v) is 9.14. The van der Waals surface area contributed by atoms with Gasteiger partial charge in [-0.1, -0.05) is 17.3 Å². The van der Waals surface area contributed by atoms with Crippen LogP contribution in [0.15, 0.2) is 51.9 Å². The number of nitrogens with one attached hydrogen (secondary N) is 1. The molecule has 0 atom stereocenters. The fourth-order valence-corrected chi connectivity index (χ4v) is 4.45. The standard InChI is InChI=1S/C22H24N2O5S/c1-14-6-5-7-18(16(14)3)23-22(25)10-11-30(26,27)21-13-17(8-9-19(21)28-4)20-12-15(2)24-29-20/h5-9,12-13H,10-11H2,1-4H3,(H,23,25). The van der Waals surface area contributed by atoms with Crippen molar-refractivity contribution in [1.29, 1.82) is 0 Å². The Kier molecular flexibility index (Phi) is 6.26. The van der Waals surface area contributed by atoms with Crippen LogP contribution >= 0.6 is 0 Å². The van der Waals surface area contributed by atoms with E-state index in [1.54, 1.807) is 31.2 Å². The van der Waals surface area contributed by atoms with Crippen LogP contribution in [0, 0.1) is 20.8 Å². The summed E-state index contributed by atoms with van der Waals surface area (Å²) in [7, 11) is -2.38. The lowest BCUT2D eigenvalue weighted by atomic mass is 10.1. The van der Waals surface area contributed by atoms with Crippen LogP contribution in [0.3, 0.4) is 0 Å². The third-order valence-corrected chi connectivity index (χ3v) is 6.62. The van der Waals surface area contributed by atoms with Crippen molar-refractivity contribution in [2.45, 2.75) is 32.1 Å².